The summed E-state index contributed by atoms with van der Waals surface area (Å²) in [4.78, 5) is 23.8. The van der Waals surface area contributed by atoms with Crippen LogP contribution in [0, 0.1) is 6.92 Å². The summed E-state index contributed by atoms with van der Waals surface area (Å²) in [5, 5.41) is 2.97. The van der Waals surface area contributed by atoms with Crippen molar-refractivity contribution in [2.45, 2.75) is 13.0 Å². The molecule has 1 atom stereocenters. The molecule has 0 bridgehead atoms. The van der Waals surface area contributed by atoms with E-state index in [1.54, 1.807) is 24.4 Å². The predicted octanol–water partition coefficient (Wildman–Crippen LogP) is 1.58. The van der Waals surface area contributed by atoms with E-state index in [1.807, 2.05) is 6.92 Å². The summed E-state index contributed by atoms with van der Waals surface area (Å²) in [6.07, 6.45) is 3.02. The van der Waals surface area contributed by atoms with Crippen LogP contribution in [-0.4, -0.2) is 20.9 Å². The van der Waals surface area contributed by atoms with E-state index >= 15 is 0 Å². The van der Waals surface area contributed by atoms with Crippen LogP contribution in [0.2, 0.25) is 0 Å². The highest BCUT2D eigenvalue weighted by atomic mass is 79.9. The number of aryl methyl sites for hydroxylation is 1. The lowest BCUT2D eigenvalue weighted by Crippen LogP contribution is -2.29. The van der Waals surface area contributed by atoms with Crippen molar-refractivity contribution < 1.29 is 4.79 Å². The maximum Gasteiger partial charge on any atom is 0.246 e. The molecule has 0 spiro atoms. The van der Waals surface area contributed by atoms with Gasteiger partial charge >= 0.3 is 0 Å². The van der Waals surface area contributed by atoms with Gasteiger partial charge in [0.05, 0.1) is 15.9 Å². The van der Waals surface area contributed by atoms with Gasteiger partial charge < -0.3 is 11.1 Å². The van der Waals surface area contributed by atoms with Crippen LogP contribution in [0.25, 0.3) is 0 Å². The SMILES string of the molecule is Cc1ncnc(NC(C(N)=O)c2ccccn2)c1Br. The highest BCUT2D eigenvalue weighted by Gasteiger charge is 2.20. The second-order valence-corrected chi connectivity index (χ2v) is 4.65. The Morgan fingerprint density at radius 2 is 2.16 bits per heavy atom. The Labute approximate surface area is 118 Å². The molecule has 0 radical (unpaired) electrons. The van der Waals surface area contributed by atoms with Crippen LogP contribution in [0.15, 0.2) is 35.2 Å². The van der Waals surface area contributed by atoms with Crippen LogP contribution in [0.5, 0.6) is 0 Å². The van der Waals surface area contributed by atoms with Crippen LogP contribution in [-0.2, 0) is 4.79 Å². The lowest BCUT2D eigenvalue weighted by Gasteiger charge is -2.16. The van der Waals surface area contributed by atoms with Crippen molar-refractivity contribution >= 4 is 27.7 Å². The zero-order valence-corrected chi connectivity index (χ0v) is 11.8. The van der Waals surface area contributed by atoms with Gasteiger partial charge in [-0.1, -0.05) is 6.07 Å². The first-order valence-electron chi connectivity index (χ1n) is 5.53. The van der Waals surface area contributed by atoms with Crippen molar-refractivity contribution in [3.8, 4) is 0 Å². The Balaban J connectivity index is 2.32. The van der Waals surface area contributed by atoms with Crippen LogP contribution >= 0.6 is 15.9 Å². The number of primary amides is 1. The number of anilines is 1. The second-order valence-electron chi connectivity index (χ2n) is 3.86. The molecular weight excluding hydrogens is 310 g/mol. The third-order valence-electron chi connectivity index (χ3n) is 2.51. The van der Waals surface area contributed by atoms with Gasteiger partial charge in [-0.3, -0.25) is 9.78 Å². The lowest BCUT2D eigenvalue weighted by molar-refractivity contribution is -0.118. The average Bonchev–Trinajstić information content (AvgIpc) is 2.41. The summed E-state index contributed by atoms with van der Waals surface area (Å²) >= 11 is 3.37. The molecule has 0 saturated carbocycles. The van der Waals surface area contributed by atoms with Gasteiger partial charge in [0.2, 0.25) is 5.91 Å². The van der Waals surface area contributed by atoms with Crippen molar-refractivity contribution in [2.75, 3.05) is 5.32 Å². The van der Waals surface area contributed by atoms with Crippen LogP contribution < -0.4 is 11.1 Å². The van der Waals surface area contributed by atoms with Gasteiger partial charge in [0, 0.05) is 6.20 Å². The Morgan fingerprint density at radius 1 is 1.37 bits per heavy atom. The van der Waals surface area contributed by atoms with Crippen molar-refractivity contribution in [2.24, 2.45) is 5.73 Å². The maximum absolute atomic E-state index is 11.6. The van der Waals surface area contributed by atoms with Crippen LogP contribution in [0.3, 0.4) is 0 Å². The molecular formula is C12H12BrN5O. The van der Waals surface area contributed by atoms with Gasteiger partial charge in [0.1, 0.15) is 18.2 Å². The van der Waals surface area contributed by atoms with Gasteiger partial charge in [-0.2, -0.15) is 0 Å². The summed E-state index contributed by atoms with van der Waals surface area (Å²) in [6, 6.07) is 4.54. The van der Waals surface area contributed by atoms with E-state index in [9.17, 15) is 4.79 Å². The average molecular weight is 322 g/mol. The van der Waals surface area contributed by atoms with Gasteiger partial charge in [-0.15, -0.1) is 0 Å². The lowest BCUT2D eigenvalue weighted by atomic mass is 10.1. The van der Waals surface area contributed by atoms with Crippen LogP contribution in [0.1, 0.15) is 17.4 Å². The first kappa shape index (κ1) is 13.4. The monoisotopic (exact) mass is 321 g/mol. The summed E-state index contributed by atoms with van der Waals surface area (Å²) < 4.78 is 0.692. The number of nitrogens with zero attached hydrogens (tertiary/aromatic N) is 3. The summed E-state index contributed by atoms with van der Waals surface area (Å²) in [5.74, 6) is -0.0242. The molecule has 2 aromatic heterocycles. The fourth-order valence-electron chi connectivity index (χ4n) is 1.53. The molecule has 19 heavy (non-hydrogen) atoms. The number of rotatable bonds is 4. The third-order valence-corrected chi connectivity index (χ3v) is 3.46. The fraction of sp³-hybridized carbons (Fsp3) is 0.167. The molecule has 2 aromatic rings. The van der Waals surface area contributed by atoms with E-state index in [4.69, 9.17) is 5.73 Å². The Bertz CT molecular complexity index is 590. The molecule has 0 saturated heterocycles. The van der Waals surface area contributed by atoms with Gasteiger partial charge in [-0.05, 0) is 35.0 Å². The molecule has 0 aliphatic carbocycles. The second kappa shape index (κ2) is 5.75. The normalized spacial score (nSPS) is 11.9. The zero-order valence-electron chi connectivity index (χ0n) is 10.2. The topological polar surface area (TPSA) is 93.8 Å². The molecule has 6 nitrogen and oxygen atoms in total. The minimum absolute atomic E-state index is 0.502. The maximum atomic E-state index is 11.6. The minimum atomic E-state index is -0.744. The number of hydrogen-bond donors (Lipinski definition) is 2. The first-order chi connectivity index (χ1) is 9.09. The number of pyridine rings is 1. The zero-order chi connectivity index (χ0) is 13.8. The largest absolute Gasteiger partial charge is 0.368 e. The quantitative estimate of drug-likeness (QED) is 0.891. The van der Waals surface area contributed by atoms with Crippen molar-refractivity contribution in [1.29, 1.82) is 0 Å². The van der Waals surface area contributed by atoms with E-state index in [0.717, 1.165) is 5.69 Å². The summed E-state index contributed by atoms with van der Waals surface area (Å²) in [7, 11) is 0. The minimum Gasteiger partial charge on any atom is -0.368 e. The van der Waals surface area contributed by atoms with E-state index in [0.29, 0.717) is 16.0 Å². The summed E-state index contributed by atoms with van der Waals surface area (Å²) in [5.41, 5.74) is 6.71. The Hall–Kier alpha value is -2.02. The molecule has 2 rings (SSSR count). The fourth-order valence-corrected chi connectivity index (χ4v) is 1.85. The number of carbonyl (C=O) groups excluding carboxylic acids is 1. The molecule has 0 aliphatic rings. The van der Waals surface area contributed by atoms with Gasteiger partial charge in [-0.25, -0.2) is 9.97 Å². The molecule has 1 unspecified atom stereocenters. The van der Waals surface area contributed by atoms with Crippen LogP contribution in [0.4, 0.5) is 5.82 Å². The summed E-state index contributed by atoms with van der Waals surface area (Å²) in [6.45, 7) is 1.83. The highest BCUT2D eigenvalue weighted by molar-refractivity contribution is 9.10. The van der Waals surface area contributed by atoms with E-state index in [2.05, 4.69) is 36.2 Å². The predicted molar refractivity (Wildman–Crippen MR) is 74.3 cm³/mol. The molecule has 7 heteroatoms. The molecule has 3 N–H and O–H groups in total. The Morgan fingerprint density at radius 3 is 2.79 bits per heavy atom. The number of nitrogens with one attached hydrogen (secondary N) is 1. The number of hydrogen-bond acceptors (Lipinski definition) is 5. The van der Waals surface area contributed by atoms with Gasteiger partial charge in [0.15, 0.2) is 0 Å². The standard InChI is InChI=1S/C12H12BrN5O/c1-7-9(13)12(17-6-16-7)18-10(11(14)19)8-4-2-3-5-15-8/h2-6,10H,1H3,(H2,14,19)(H,16,17,18). The number of nitrogens with two attached hydrogens (primary N) is 1. The Kier molecular flexibility index (Phi) is 4.06. The molecule has 1 amide bonds. The smallest absolute Gasteiger partial charge is 0.246 e. The number of carbonyl (C=O) groups is 1. The van der Waals surface area contributed by atoms with Crippen molar-refractivity contribution in [1.82, 2.24) is 15.0 Å². The van der Waals surface area contributed by atoms with Crippen molar-refractivity contribution in [3.63, 3.8) is 0 Å². The van der Waals surface area contributed by atoms with E-state index in [-0.39, 0.29) is 0 Å². The van der Waals surface area contributed by atoms with Gasteiger partial charge in [0.25, 0.3) is 0 Å². The highest BCUT2D eigenvalue weighted by Crippen LogP contribution is 2.25. The number of aromatic nitrogens is 3. The van der Waals surface area contributed by atoms with E-state index < -0.39 is 11.9 Å². The molecule has 0 aliphatic heterocycles. The first-order valence-corrected chi connectivity index (χ1v) is 6.32. The third kappa shape index (κ3) is 3.05. The number of amides is 1. The molecule has 2 heterocycles. The molecule has 98 valence electrons. The molecule has 0 fully saturated rings. The van der Waals surface area contributed by atoms with Crippen molar-refractivity contribution in [3.05, 3.63) is 46.6 Å². The molecule has 0 aromatic carbocycles. The van der Waals surface area contributed by atoms with E-state index in [1.165, 1.54) is 6.33 Å². The number of halogens is 1.